The van der Waals surface area contributed by atoms with Gasteiger partial charge in [0.1, 0.15) is 6.04 Å². The Balaban J connectivity index is 1.47. The summed E-state index contributed by atoms with van der Waals surface area (Å²) in [6.07, 6.45) is 3.10. The minimum Gasteiger partial charge on any atom is -0.341 e. The first kappa shape index (κ1) is 18.2. The van der Waals surface area contributed by atoms with Crippen molar-refractivity contribution in [2.75, 3.05) is 13.1 Å². The number of nitrogens with zero attached hydrogens (tertiary/aromatic N) is 1. The molecule has 1 heterocycles. The van der Waals surface area contributed by atoms with Crippen molar-refractivity contribution < 1.29 is 9.59 Å². The van der Waals surface area contributed by atoms with E-state index < -0.39 is 6.04 Å². The number of benzene rings is 2. The average Bonchev–Trinajstić information content (AvgIpc) is 2.69. The van der Waals surface area contributed by atoms with Crippen LogP contribution in [-0.2, 0) is 11.2 Å². The van der Waals surface area contributed by atoms with Gasteiger partial charge in [0.15, 0.2) is 0 Å². The van der Waals surface area contributed by atoms with Crippen LogP contribution in [0, 0.1) is 5.92 Å². The highest BCUT2D eigenvalue weighted by Gasteiger charge is 2.27. The van der Waals surface area contributed by atoms with Gasteiger partial charge in [-0.25, -0.2) is 0 Å². The summed E-state index contributed by atoms with van der Waals surface area (Å²) in [6.45, 7) is 3.29. The van der Waals surface area contributed by atoms with Crippen LogP contribution in [0.3, 0.4) is 0 Å². The smallest absolute Gasteiger partial charge is 0.251 e. The Bertz CT molecular complexity index is 722. The molecule has 1 aliphatic heterocycles. The van der Waals surface area contributed by atoms with Crippen LogP contribution in [0.5, 0.6) is 0 Å². The molecule has 1 N–H and O–H groups in total. The van der Waals surface area contributed by atoms with Crippen LogP contribution in [0.25, 0.3) is 0 Å². The van der Waals surface area contributed by atoms with E-state index >= 15 is 0 Å². The van der Waals surface area contributed by atoms with Crippen molar-refractivity contribution in [3.8, 4) is 0 Å². The summed E-state index contributed by atoms with van der Waals surface area (Å²) in [5, 5.41) is 2.81. The lowest BCUT2D eigenvalue weighted by Gasteiger charge is -2.33. The average molecular weight is 350 g/mol. The molecular formula is C22H26N2O2. The van der Waals surface area contributed by atoms with E-state index in [1.54, 1.807) is 19.1 Å². The molecule has 0 aromatic heterocycles. The Hall–Kier alpha value is -2.62. The van der Waals surface area contributed by atoms with E-state index in [1.165, 1.54) is 5.56 Å². The molecule has 0 aliphatic carbocycles. The summed E-state index contributed by atoms with van der Waals surface area (Å²) in [5.74, 6) is 0.425. The second kappa shape index (κ2) is 8.65. The van der Waals surface area contributed by atoms with Gasteiger partial charge in [0.2, 0.25) is 5.91 Å². The van der Waals surface area contributed by atoms with Gasteiger partial charge >= 0.3 is 0 Å². The van der Waals surface area contributed by atoms with Gasteiger partial charge in [0.25, 0.3) is 5.91 Å². The van der Waals surface area contributed by atoms with Crippen LogP contribution in [0.2, 0.25) is 0 Å². The highest BCUT2D eigenvalue weighted by molar-refractivity contribution is 5.97. The topological polar surface area (TPSA) is 49.4 Å². The Labute approximate surface area is 155 Å². The number of nitrogens with one attached hydrogen (secondary N) is 1. The molecule has 4 heteroatoms. The number of carbonyl (C=O) groups is 2. The number of hydrogen-bond donors (Lipinski definition) is 1. The van der Waals surface area contributed by atoms with Gasteiger partial charge in [-0.1, -0.05) is 48.5 Å². The summed E-state index contributed by atoms with van der Waals surface area (Å²) in [7, 11) is 0. The molecule has 26 heavy (non-hydrogen) atoms. The van der Waals surface area contributed by atoms with Crippen LogP contribution in [0.1, 0.15) is 35.7 Å². The van der Waals surface area contributed by atoms with Gasteiger partial charge in [-0.3, -0.25) is 9.59 Å². The maximum absolute atomic E-state index is 12.6. The third-order valence-electron chi connectivity index (χ3n) is 5.05. The number of amides is 2. The molecular weight excluding hydrogens is 324 g/mol. The SMILES string of the molecule is C[C@@H](NC(=O)c1ccccc1)C(=O)N1CCC(Cc2ccccc2)CC1. The lowest BCUT2D eigenvalue weighted by molar-refractivity contribution is -0.134. The Morgan fingerprint density at radius 1 is 1.00 bits per heavy atom. The van der Waals surface area contributed by atoms with E-state index in [1.807, 2.05) is 29.2 Å². The summed E-state index contributed by atoms with van der Waals surface area (Å²) in [5.41, 5.74) is 1.94. The van der Waals surface area contributed by atoms with Crippen molar-refractivity contribution in [3.05, 3.63) is 71.8 Å². The van der Waals surface area contributed by atoms with Gasteiger partial charge in [0.05, 0.1) is 0 Å². The molecule has 2 aromatic rings. The molecule has 2 amide bonds. The monoisotopic (exact) mass is 350 g/mol. The van der Waals surface area contributed by atoms with Crippen LogP contribution < -0.4 is 5.32 Å². The number of piperidine rings is 1. The molecule has 0 bridgehead atoms. The molecule has 1 saturated heterocycles. The molecule has 0 saturated carbocycles. The van der Waals surface area contributed by atoms with Gasteiger partial charge in [0, 0.05) is 18.7 Å². The highest BCUT2D eigenvalue weighted by atomic mass is 16.2. The third-order valence-corrected chi connectivity index (χ3v) is 5.05. The van der Waals surface area contributed by atoms with Crippen LogP contribution in [0.15, 0.2) is 60.7 Å². The molecule has 0 spiro atoms. The molecule has 4 nitrogen and oxygen atoms in total. The van der Waals surface area contributed by atoms with Gasteiger partial charge in [-0.15, -0.1) is 0 Å². The standard InChI is InChI=1S/C22H26N2O2/c1-17(23-21(25)20-10-6-3-7-11-20)22(26)24-14-12-19(13-15-24)16-18-8-4-2-5-9-18/h2-11,17,19H,12-16H2,1H3,(H,23,25)/t17-/m1/s1. The molecule has 1 aliphatic rings. The van der Waals surface area contributed by atoms with Gasteiger partial charge in [-0.2, -0.15) is 0 Å². The van der Waals surface area contributed by atoms with E-state index in [0.717, 1.165) is 32.4 Å². The van der Waals surface area contributed by atoms with E-state index in [0.29, 0.717) is 11.5 Å². The summed E-state index contributed by atoms with van der Waals surface area (Å²) in [4.78, 5) is 26.7. The Kier molecular flexibility index (Phi) is 6.05. The number of rotatable bonds is 5. The number of hydrogen-bond acceptors (Lipinski definition) is 2. The zero-order valence-electron chi connectivity index (χ0n) is 15.2. The van der Waals surface area contributed by atoms with Crippen LogP contribution >= 0.6 is 0 Å². The van der Waals surface area contributed by atoms with E-state index in [2.05, 4.69) is 29.6 Å². The van der Waals surface area contributed by atoms with Crippen molar-refractivity contribution in [2.45, 2.75) is 32.2 Å². The maximum Gasteiger partial charge on any atom is 0.251 e. The summed E-state index contributed by atoms with van der Waals surface area (Å²) >= 11 is 0. The van der Waals surface area contributed by atoms with Gasteiger partial charge in [-0.05, 0) is 49.8 Å². The van der Waals surface area contributed by atoms with E-state index in [4.69, 9.17) is 0 Å². The molecule has 1 atom stereocenters. The summed E-state index contributed by atoms with van der Waals surface area (Å²) < 4.78 is 0. The normalized spacial score (nSPS) is 16.1. The zero-order chi connectivity index (χ0) is 18.4. The molecule has 136 valence electrons. The predicted octanol–water partition coefficient (Wildman–Crippen LogP) is 3.29. The molecule has 0 radical (unpaired) electrons. The van der Waals surface area contributed by atoms with Crippen molar-refractivity contribution in [3.63, 3.8) is 0 Å². The minimum atomic E-state index is -0.506. The fourth-order valence-electron chi connectivity index (χ4n) is 3.51. The number of likely N-dealkylation sites (tertiary alicyclic amines) is 1. The molecule has 2 aromatic carbocycles. The fraction of sp³-hybridized carbons (Fsp3) is 0.364. The first-order valence-corrected chi connectivity index (χ1v) is 9.32. The zero-order valence-corrected chi connectivity index (χ0v) is 15.2. The Morgan fingerprint density at radius 3 is 2.19 bits per heavy atom. The third kappa shape index (κ3) is 4.72. The second-order valence-corrected chi connectivity index (χ2v) is 7.02. The van der Waals surface area contributed by atoms with Crippen molar-refractivity contribution in [1.29, 1.82) is 0 Å². The largest absolute Gasteiger partial charge is 0.341 e. The first-order chi connectivity index (χ1) is 12.6. The fourth-order valence-corrected chi connectivity index (χ4v) is 3.51. The minimum absolute atomic E-state index is 0.00689. The quantitative estimate of drug-likeness (QED) is 0.900. The lowest BCUT2D eigenvalue weighted by atomic mass is 9.90. The van der Waals surface area contributed by atoms with Crippen molar-refractivity contribution >= 4 is 11.8 Å². The van der Waals surface area contributed by atoms with Crippen LogP contribution in [-0.4, -0.2) is 35.8 Å². The number of carbonyl (C=O) groups excluding carboxylic acids is 2. The van der Waals surface area contributed by atoms with E-state index in [9.17, 15) is 9.59 Å². The predicted molar refractivity (Wildman–Crippen MR) is 103 cm³/mol. The molecule has 0 unspecified atom stereocenters. The van der Waals surface area contributed by atoms with Crippen molar-refractivity contribution in [2.24, 2.45) is 5.92 Å². The lowest BCUT2D eigenvalue weighted by Crippen LogP contribution is -2.49. The second-order valence-electron chi connectivity index (χ2n) is 7.02. The van der Waals surface area contributed by atoms with Crippen LogP contribution in [0.4, 0.5) is 0 Å². The van der Waals surface area contributed by atoms with E-state index in [-0.39, 0.29) is 11.8 Å². The van der Waals surface area contributed by atoms with Crippen molar-refractivity contribution in [1.82, 2.24) is 10.2 Å². The molecule has 1 fully saturated rings. The maximum atomic E-state index is 12.6. The summed E-state index contributed by atoms with van der Waals surface area (Å²) in [6, 6.07) is 19.0. The Morgan fingerprint density at radius 2 is 1.58 bits per heavy atom. The highest BCUT2D eigenvalue weighted by Crippen LogP contribution is 2.22. The first-order valence-electron chi connectivity index (χ1n) is 9.32. The van der Waals surface area contributed by atoms with Gasteiger partial charge < -0.3 is 10.2 Å². The molecule has 3 rings (SSSR count).